The molecule has 4 heteroatoms. The summed E-state index contributed by atoms with van der Waals surface area (Å²) in [5.41, 5.74) is 1.91. The summed E-state index contributed by atoms with van der Waals surface area (Å²) in [6.45, 7) is 2.08. The summed E-state index contributed by atoms with van der Waals surface area (Å²) in [6.07, 6.45) is 2.69. The number of amides is 2. The van der Waals surface area contributed by atoms with Gasteiger partial charge < -0.3 is 4.74 Å². The van der Waals surface area contributed by atoms with Gasteiger partial charge in [0.15, 0.2) is 0 Å². The SMILES string of the molecule is CCc1ccc(N2C(=O)[C@H]3[C@H](C2=O)[C@H]2CC[C@H]3O2)cc1. The van der Waals surface area contributed by atoms with E-state index in [0.717, 1.165) is 19.3 Å². The largest absolute Gasteiger partial charge is 0.373 e. The molecule has 0 N–H and O–H groups in total. The third kappa shape index (κ3) is 1.45. The first-order valence-electron chi connectivity index (χ1n) is 7.33. The van der Waals surface area contributed by atoms with Crippen molar-refractivity contribution in [2.75, 3.05) is 4.90 Å². The number of hydrogen-bond acceptors (Lipinski definition) is 3. The van der Waals surface area contributed by atoms with Gasteiger partial charge in [-0.2, -0.15) is 0 Å². The van der Waals surface area contributed by atoms with Gasteiger partial charge in [0, 0.05) is 0 Å². The Morgan fingerprint density at radius 1 is 1.05 bits per heavy atom. The molecule has 0 saturated carbocycles. The third-order valence-corrected chi connectivity index (χ3v) is 4.89. The topological polar surface area (TPSA) is 46.6 Å². The molecule has 4 atom stereocenters. The molecule has 4 nitrogen and oxygen atoms in total. The number of fused-ring (bicyclic) bond motifs is 5. The summed E-state index contributed by atoms with van der Waals surface area (Å²) < 4.78 is 5.73. The molecule has 0 unspecified atom stereocenters. The highest BCUT2D eigenvalue weighted by Gasteiger charge is 2.62. The van der Waals surface area contributed by atoms with Crippen molar-refractivity contribution in [2.45, 2.75) is 38.4 Å². The van der Waals surface area contributed by atoms with E-state index < -0.39 is 0 Å². The van der Waals surface area contributed by atoms with Crippen LogP contribution in [0.4, 0.5) is 5.69 Å². The van der Waals surface area contributed by atoms with E-state index in [1.165, 1.54) is 10.5 Å². The van der Waals surface area contributed by atoms with Gasteiger partial charge in [-0.05, 0) is 37.0 Å². The minimum absolute atomic E-state index is 0.0404. The van der Waals surface area contributed by atoms with Gasteiger partial charge in [0.05, 0.1) is 29.7 Å². The number of nitrogens with zero attached hydrogens (tertiary/aromatic N) is 1. The molecule has 3 fully saturated rings. The molecule has 4 rings (SSSR count). The molecule has 3 saturated heterocycles. The fourth-order valence-corrected chi connectivity index (χ4v) is 3.85. The lowest BCUT2D eigenvalue weighted by Gasteiger charge is -2.17. The van der Waals surface area contributed by atoms with Gasteiger partial charge in [-0.15, -0.1) is 0 Å². The Morgan fingerprint density at radius 3 is 2.10 bits per heavy atom. The first kappa shape index (κ1) is 12.1. The Labute approximate surface area is 117 Å². The first-order valence-corrected chi connectivity index (χ1v) is 7.33. The zero-order valence-electron chi connectivity index (χ0n) is 11.4. The number of rotatable bonds is 2. The van der Waals surface area contributed by atoms with Crippen molar-refractivity contribution >= 4 is 17.5 Å². The lowest BCUT2D eigenvalue weighted by molar-refractivity contribution is -0.124. The number of benzene rings is 1. The van der Waals surface area contributed by atoms with E-state index in [1.54, 1.807) is 0 Å². The van der Waals surface area contributed by atoms with Crippen molar-refractivity contribution in [3.8, 4) is 0 Å². The van der Waals surface area contributed by atoms with Gasteiger partial charge >= 0.3 is 0 Å². The van der Waals surface area contributed by atoms with Crippen molar-refractivity contribution in [3.05, 3.63) is 29.8 Å². The first-order chi connectivity index (χ1) is 9.70. The maximum absolute atomic E-state index is 12.6. The maximum atomic E-state index is 12.6. The van der Waals surface area contributed by atoms with Gasteiger partial charge in [-0.1, -0.05) is 19.1 Å². The highest BCUT2D eigenvalue weighted by atomic mass is 16.5. The van der Waals surface area contributed by atoms with Gasteiger partial charge in [0.2, 0.25) is 11.8 Å². The quantitative estimate of drug-likeness (QED) is 0.772. The molecule has 2 amide bonds. The molecule has 1 aromatic rings. The van der Waals surface area contributed by atoms with Crippen LogP contribution in [0, 0.1) is 11.8 Å². The van der Waals surface area contributed by atoms with Gasteiger partial charge in [0.25, 0.3) is 0 Å². The molecule has 0 aromatic heterocycles. The standard InChI is InChI=1S/C16H17NO3/c1-2-9-3-5-10(6-4-9)17-15(18)13-11-7-8-12(20-11)14(13)16(17)19/h3-6,11-14H,2,7-8H2,1H3/t11-,12-,13-,14-/m1/s1. The molecule has 104 valence electrons. The second-order valence-corrected chi connectivity index (χ2v) is 5.87. The Morgan fingerprint density at radius 2 is 1.60 bits per heavy atom. The normalized spacial score (nSPS) is 35.0. The van der Waals surface area contributed by atoms with Crippen LogP contribution in [0.2, 0.25) is 0 Å². The highest BCUT2D eigenvalue weighted by molar-refractivity contribution is 6.22. The van der Waals surface area contributed by atoms with Crippen molar-refractivity contribution < 1.29 is 14.3 Å². The van der Waals surface area contributed by atoms with Crippen LogP contribution >= 0.6 is 0 Å². The summed E-state index contributed by atoms with van der Waals surface area (Å²) in [4.78, 5) is 26.5. The fraction of sp³-hybridized carbons (Fsp3) is 0.500. The number of carbonyl (C=O) groups is 2. The zero-order valence-corrected chi connectivity index (χ0v) is 11.4. The molecular weight excluding hydrogens is 254 g/mol. The second kappa shape index (κ2) is 4.16. The predicted molar refractivity (Wildman–Crippen MR) is 73.2 cm³/mol. The molecule has 0 spiro atoms. The average molecular weight is 271 g/mol. The Kier molecular flexibility index (Phi) is 2.51. The lowest BCUT2D eigenvalue weighted by atomic mass is 9.81. The number of aryl methyl sites for hydroxylation is 1. The average Bonchev–Trinajstić information content (AvgIpc) is 3.14. The summed E-state index contributed by atoms with van der Waals surface area (Å²) in [5, 5.41) is 0. The van der Waals surface area contributed by atoms with E-state index in [4.69, 9.17) is 4.74 Å². The number of ether oxygens (including phenoxy) is 1. The lowest BCUT2D eigenvalue weighted by Crippen LogP contribution is -2.34. The highest BCUT2D eigenvalue weighted by Crippen LogP contribution is 2.49. The smallest absolute Gasteiger partial charge is 0.240 e. The third-order valence-electron chi connectivity index (χ3n) is 4.89. The molecule has 3 heterocycles. The molecule has 0 aliphatic carbocycles. The maximum Gasteiger partial charge on any atom is 0.240 e. The fourth-order valence-electron chi connectivity index (χ4n) is 3.85. The van der Waals surface area contributed by atoms with E-state index in [0.29, 0.717) is 5.69 Å². The molecule has 20 heavy (non-hydrogen) atoms. The van der Waals surface area contributed by atoms with E-state index in [9.17, 15) is 9.59 Å². The Balaban J connectivity index is 1.69. The monoisotopic (exact) mass is 271 g/mol. The minimum Gasteiger partial charge on any atom is -0.373 e. The zero-order chi connectivity index (χ0) is 13.9. The van der Waals surface area contributed by atoms with Crippen LogP contribution in [-0.2, 0) is 20.7 Å². The molecule has 3 aliphatic heterocycles. The molecule has 2 bridgehead atoms. The molecule has 1 aromatic carbocycles. The van der Waals surface area contributed by atoms with Gasteiger partial charge in [0.1, 0.15) is 0 Å². The van der Waals surface area contributed by atoms with Crippen molar-refractivity contribution in [1.82, 2.24) is 0 Å². The summed E-state index contributed by atoms with van der Waals surface area (Å²) >= 11 is 0. The summed E-state index contributed by atoms with van der Waals surface area (Å²) in [7, 11) is 0. The van der Waals surface area contributed by atoms with E-state index in [1.807, 2.05) is 24.3 Å². The van der Waals surface area contributed by atoms with Crippen LogP contribution in [0.1, 0.15) is 25.3 Å². The number of hydrogen-bond donors (Lipinski definition) is 0. The van der Waals surface area contributed by atoms with E-state index in [-0.39, 0.29) is 35.9 Å². The summed E-state index contributed by atoms with van der Waals surface area (Å²) in [5.74, 6) is -0.632. The Hall–Kier alpha value is -1.68. The van der Waals surface area contributed by atoms with Crippen LogP contribution in [0.5, 0.6) is 0 Å². The van der Waals surface area contributed by atoms with Crippen LogP contribution in [0.25, 0.3) is 0 Å². The number of imide groups is 1. The molecule has 0 radical (unpaired) electrons. The second-order valence-electron chi connectivity index (χ2n) is 5.87. The van der Waals surface area contributed by atoms with Crippen molar-refractivity contribution in [2.24, 2.45) is 11.8 Å². The van der Waals surface area contributed by atoms with Crippen LogP contribution in [-0.4, -0.2) is 24.0 Å². The van der Waals surface area contributed by atoms with Crippen LogP contribution < -0.4 is 4.90 Å². The minimum atomic E-state index is -0.243. The predicted octanol–water partition coefficient (Wildman–Crippen LogP) is 1.92. The van der Waals surface area contributed by atoms with Crippen molar-refractivity contribution in [3.63, 3.8) is 0 Å². The van der Waals surface area contributed by atoms with Crippen LogP contribution in [0.15, 0.2) is 24.3 Å². The van der Waals surface area contributed by atoms with Crippen LogP contribution in [0.3, 0.4) is 0 Å². The van der Waals surface area contributed by atoms with E-state index in [2.05, 4.69) is 6.92 Å². The molecule has 3 aliphatic rings. The van der Waals surface area contributed by atoms with E-state index >= 15 is 0 Å². The Bertz CT molecular complexity index is 552. The van der Waals surface area contributed by atoms with Gasteiger partial charge in [-0.3, -0.25) is 9.59 Å². The number of anilines is 1. The number of carbonyl (C=O) groups excluding carboxylic acids is 2. The van der Waals surface area contributed by atoms with Crippen molar-refractivity contribution in [1.29, 1.82) is 0 Å². The van der Waals surface area contributed by atoms with Gasteiger partial charge in [-0.25, -0.2) is 4.90 Å². The summed E-state index contributed by atoms with van der Waals surface area (Å²) in [6, 6.07) is 7.71. The molecular formula is C16H17NO3.